The Bertz CT molecular complexity index is 956. The molecule has 0 spiro atoms. The molecule has 1 aliphatic rings. The van der Waals surface area contributed by atoms with Gasteiger partial charge in [-0.25, -0.2) is 5.43 Å². The fourth-order valence-electron chi connectivity index (χ4n) is 3.25. The number of benzene rings is 2. The van der Waals surface area contributed by atoms with Crippen molar-refractivity contribution < 1.29 is 9.72 Å². The summed E-state index contributed by atoms with van der Waals surface area (Å²) in [5, 5.41) is 14.9. The number of carbonyl (C=O) groups excluding carboxylic acids is 1. The van der Waals surface area contributed by atoms with Gasteiger partial charge in [0.2, 0.25) is 5.91 Å². The maximum absolute atomic E-state index is 12.3. The minimum absolute atomic E-state index is 0.0273. The van der Waals surface area contributed by atoms with E-state index in [1.165, 1.54) is 23.4 Å². The number of nitro benzene ring substituents is 1. The number of allylic oxidation sites excluding steroid dienone is 1. The Morgan fingerprint density at radius 2 is 1.86 bits per heavy atom. The van der Waals surface area contributed by atoms with Crippen LogP contribution in [0, 0.1) is 16.0 Å². The Morgan fingerprint density at radius 1 is 1.17 bits per heavy atom. The van der Waals surface area contributed by atoms with Gasteiger partial charge in [-0.05, 0) is 47.1 Å². The van der Waals surface area contributed by atoms with Gasteiger partial charge in [0.1, 0.15) is 0 Å². The predicted octanol–water partition coefficient (Wildman–Crippen LogP) is 4.81. The highest BCUT2D eigenvalue weighted by Crippen LogP contribution is 2.47. The summed E-state index contributed by atoms with van der Waals surface area (Å²) in [6, 6.07) is 14.9. The maximum Gasteiger partial charge on any atom is 0.276 e. The number of amides is 1. The standard InChI is InChI=1S/C23H25N3O3/c1-23(2,3)18-12-10-16(11-13-18)19-15-20(19)22(27)25-24-14-6-8-17-7-4-5-9-21(17)26(28)29/h4-14,19-20H,15H2,1-3H3,(H,25,27)/b8-6-,24-14?/t19-,20-/m0/s1. The van der Waals surface area contributed by atoms with E-state index in [2.05, 4.69) is 55.6 Å². The summed E-state index contributed by atoms with van der Waals surface area (Å²) in [5.74, 6) is 0.0683. The molecular weight excluding hydrogens is 366 g/mol. The second-order valence-electron chi connectivity index (χ2n) is 8.25. The molecule has 0 bridgehead atoms. The molecule has 2 aromatic carbocycles. The lowest BCUT2D eigenvalue weighted by Gasteiger charge is -2.19. The van der Waals surface area contributed by atoms with Gasteiger partial charge in [-0.1, -0.05) is 57.2 Å². The first kappa shape index (κ1) is 20.5. The molecule has 2 atom stereocenters. The van der Waals surface area contributed by atoms with E-state index in [1.807, 2.05) is 0 Å². The quantitative estimate of drug-likeness (QED) is 0.436. The zero-order valence-corrected chi connectivity index (χ0v) is 16.8. The second kappa shape index (κ2) is 8.39. The number of para-hydroxylation sites is 1. The molecule has 0 heterocycles. The average molecular weight is 391 g/mol. The van der Waals surface area contributed by atoms with Crippen molar-refractivity contribution in [2.45, 2.75) is 38.5 Å². The van der Waals surface area contributed by atoms with Crippen LogP contribution in [0.1, 0.15) is 49.8 Å². The fourth-order valence-corrected chi connectivity index (χ4v) is 3.25. The summed E-state index contributed by atoms with van der Waals surface area (Å²) in [6.45, 7) is 6.54. The molecule has 0 saturated heterocycles. The van der Waals surface area contributed by atoms with Crippen LogP contribution < -0.4 is 5.43 Å². The van der Waals surface area contributed by atoms with Crippen molar-refractivity contribution in [1.82, 2.24) is 5.43 Å². The van der Waals surface area contributed by atoms with Crippen LogP contribution in [-0.2, 0) is 10.2 Å². The lowest BCUT2D eigenvalue weighted by atomic mass is 9.86. The van der Waals surface area contributed by atoms with Crippen molar-refractivity contribution in [3.63, 3.8) is 0 Å². The number of nitrogens with zero attached hydrogens (tertiary/aromatic N) is 2. The summed E-state index contributed by atoms with van der Waals surface area (Å²) >= 11 is 0. The van der Waals surface area contributed by atoms with Crippen molar-refractivity contribution in [2.75, 3.05) is 0 Å². The predicted molar refractivity (Wildman–Crippen MR) is 115 cm³/mol. The first-order valence-electron chi connectivity index (χ1n) is 9.61. The molecule has 0 radical (unpaired) electrons. The van der Waals surface area contributed by atoms with E-state index in [1.54, 1.807) is 30.4 Å². The minimum Gasteiger partial charge on any atom is -0.273 e. The smallest absolute Gasteiger partial charge is 0.273 e. The summed E-state index contributed by atoms with van der Waals surface area (Å²) in [6.07, 6.45) is 5.40. The topological polar surface area (TPSA) is 84.6 Å². The molecule has 1 amide bonds. The zero-order chi connectivity index (χ0) is 21.0. The van der Waals surface area contributed by atoms with Gasteiger partial charge in [0, 0.05) is 18.2 Å². The van der Waals surface area contributed by atoms with Gasteiger partial charge in [0.05, 0.1) is 10.5 Å². The van der Waals surface area contributed by atoms with Gasteiger partial charge in [0.15, 0.2) is 0 Å². The zero-order valence-electron chi connectivity index (χ0n) is 16.8. The van der Waals surface area contributed by atoms with Crippen molar-refractivity contribution in [3.8, 4) is 0 Å². The SMILES string of the molecule is CC(C)(C)c1ccc([C@@H]2C[C@@H]2C(=O)NN=C/C=C\c2ccccc2[N+](=O)[O-])cc1. The Hall–Kier alpha value is -3.28. The van der Waals surface area contributed by atoms with Crippen LogP contribution in [0.5, 0.6) is 0 Å². The number of rotatable bonds is 6. The highest BCUT2D eigenvalue weighted by atomic mass is 16.6. The molecule has 1 saturated carbocycles. The summed E-state index contributed by atoms with van der Waals surface area (Å²) in [4.78, 5) is 22.8. The van der Waals surface area contributed by atoms with Crippen LogP contribution >= 0.6 is 0 Å². The average Bonchev–Trinajstić information content (AvgIpc) is 3.48. The lowest BCUT2D eigenvalue weighted by molar-refractivity contribution is -0.385. The Labute approximate surface area is 170 Å². The molecule has 0 aliphatic heterocycles. The van der Waals surface area contributed by atoms with E-state index in [-0.39, 0.29) is 28.8 Å². The lowest BCUT2D eigenvalue weighted by Crippen LogP contribution is -2.19. The molecule has 6 nitrogen and oxygen atoms in total. The monoisotopic (exact) mass is 391 g/mol. The normalized spacial score (nSPS) is 18.9. The Balaban J connectivity index is 1.51. The molecule has 150 valence electrons. The first-order chi connectivity index (χ1) is 13.8. The van der Waals surface area contributed by atoms with Crippen LogP contribution in [0.15, 0.2) is 59.7 Å². The number of hydrazone groups is 1. The summed E-state index contributed by atoms with van der Waals surface area (Å²) in [5.41, 5.74) is 5.63. The van der Waals surface area contributed by atoms with E-state index < -0.39 is 4.92 Å². The van der Waals surface area contributed by atoms with Gasteiger partial charge in [-0.3, -0.25) is 14.9 Å². The molecule has 29 heavy (non-hydrogen) atoms. The third-order valence-electron chi connectivity index (χ3n) is 5.08. The highest BCUT2D eigenvalue weighted by Gasteiger charge is 2.43. The summed E-state index contributed by atoms with van der Waals surface area (Å²) in [7, 11) is 0. The van der Waals surface area contributed by atoms with Gasteiger partial charge in [-0.2, -0.15) is 5.10 Å². The van der Waals surface area contributed by atoms with Gasteiger partial charge >= 0.3 is 0 Å². The van der Waals surface area contributed by atoms with Crippen molar-refractivity contribution in [1.29, 1.82) is 0 Å². The third kappa shape index (κ3) is 5.16. The van der Waals surface area contributed by atoms with Crippen LogP contribution in [0.4, 0.5) is 5.69 Å². The van der Waals surface area contributed by atoms with Gasteiger partial charge < -0.3 is 0 Å². The van der Waals surface area contributed by atoms with Crippen molar-refractivity contribution >= 4 is 23.9 Å². The Kier molecular flexibility index (Phi) is 5.92. The number of hydrogen-bond acceptors (Lipinski definition) is 4. The third-order valence-corrected chi connectivity index (χ3v) is 5.08. The molecule has 0 aromatic heterocycles. The van der Waals surface area contributed by atoms with Crippen LogP contribution in [0.2, 0.25) is 0 Å². The second-order valence-corrected chi connectivity index (χ2v) is 8.25. The van der Waals surface area contributed by atoms with E-state index in [0.717, 1.165) is 6.42 Å². The molecule has 2 aromatic rings. The molecule has 6 heteroatoms. The van der Waals surface area contributed by atoms with E-state index >= 15 is 0 Å². The maximum atomic E-state index is 12.3. The first-order valence-corrected chi connectivity index (χ1v) is 9.61. The highest BCUT2D eigenvalue weighted by molar-refractivity contribution is 5.85. The van der Waals surface area contributed by atoms with Gasteiger partial charge in [0.25, 0.3) is 5.69 Å². The number of nitro groups is 1. The number of nitrogens with one attached hydrogen (secondary N) is 1. The molecule has 1 N–H and O–H groups in total. The van der Waals surface area contributed by atoms with E-state index in [9.17, 15) is 14.9 Å². The van der Waals surface area contributed by atoms with E-state index in [0.29, 0.717) is 5.56 Å². The number of carbonyl (C=O) groups is 1. The van der Waals surface area contributed by atoms with Crippen LogP contribution in [-0.4, -0.2) is 17.0 Å². The van der Waals surface area contributed by atoms with Crippen LogP contribution in [0.3, 0.4) is 0 Å². The molecule has 0 unspecified atom stereocenters. The largest absolute Gasteiger partial charge is 0.276 e. The van der Waals surface area contributed by atoms with Crippen LogP contribution in [0.25, 0.3) is 6.08 Å². The number of hydrogen-bond donors (Lipinski definition) is 1. The summed E-state index contributed by atoms with van der Waals surface area (Å²) < 4.78 is 0. The van der Waals surface area contributed by atoms with Gasteiger partial charge in [-0.15, -0.1) is 0 Å². The molecular formula is C23H25N3O3. The minimum atomic E-state index is -0.431. The molecule has 1 fully saturated rings. The molecule has 3 rings (SSSR count). The van der Waals surface area contributed by atoms with Crippen molar-refractivity contribution in [2.24, 2.45) is 11.0 Å². The molecule has 1 aliphatic carbocycles. The van der Waals surface area contributed by atoms with E-state index in [4.69, 9.17) is 0 Å². The fraction of sp³-hybridized carbons (Fsp3) is 0.304. The Morgan fingerprint density at radius 3 is 2.52 bits per heavy atom. The van der Waals surface area contributed by atoms with Crippen molar-refractivity contribution in [3.05, 3.63) is 81.4 Å².